The van der Waals surface area contributed by atoms with Crippen molar-refractivity contribution in [1.82, 2.24) is 10.2 Å². The van der Waals surface area contributed by atoms with Gasteiger partial charge in [0.15, 0.2) is 0 Å². The smallest absolute Gasteiger partial charge is 0.289 e. The second-order valence-corrected chi connectivity index (χ2v) is 3.41. The van der Waals surface area contributed by atoms with E-state index in [0.29, 0.717) is 19.5 Å². The van der Waals surface area contributed by atoms with Crippen LogP contribution < -0.4 is 5.32 Å². The summed E-state index contributed by atoms with van der Waals surface area (Å²) < 4.78 is 0. The van der Waals surface area contributed by atoms with Gasteiger partial charge in [0.2, 0.25) is 11.7 Å². The molecule has 1 saturated heterocycles. The molecule has 0 bridgehead atoms. The second kappa shape index (κ2) is 4.21. The maximum absolute atomic E-state index is 11.2. The average Bonchev–Trinajstić information content (AvgIpc) is 2.64. The minimum Gasteiger partial charge on any atom is -0.359 e. The van der Waals surface area contributed by atoms with Crippen LogP contribution >= 0.6 is 0 Å². The number of nitrogens with zero attached hydrogens (tertiary/aromatic N) is 1. The summed E-state index contributed by atoms with van der Waals surface area (Å²) in [4.78, 5) is 34.7. The summed E-state index contributed by atoms with van der Waals surface area (Å²) in [5, 5.41) is 2.53. The molecule has 0 spiro atoms. The Kier molecular flexibility index (Phi) is 3.22. The molecular weight excluding hydrogens is 184 g/mol. The van der Waals surface area contributed by atoms with E-state index >= 15 is 0 Å². The third-order valence-electron chi connectivity index (χ3n) is 2.39. The molecule has 1 heterocycles. The molecule has 1 fully saturated rings. The zero-order chi connectivity index (χ0) is 10.7. The Bertz CT molecular complexity index is 275. The molecule has 1 aliphatic heterocycles. The Morgan fingerprint density at radius 1 is 1.36 bits per heavy atom. The van der Waals surface area contributed by atoms with Gasteiger partial charge in [0, 0.05) is 27.1 Å². The largest absolute Gasteiger partial charge is 0.359 e. The highest BCUT2D eigenvalue weighted by molar-refractivity contribution is 6.35. The van der Waals surface area contributed by atoms with Crippen molar-refractivity contribution >= 4 is 17.6 Å². The van der Waals surface area contributed by atoms with Gasteiger partial charge < -0.3 is 10.2 Å². The Balaban J connectivity index is 2.53. The molecule has 0 aromatic rings. The van der Waals surface area contributed by atoms with Crippen LogP contribution in [-0.4, -0.2) is 42.6 Å². The van der Waals surface area contributed by atoms with E-state index in [9.17, 15) is 14.4 Å². The Hall–Kier alpha value is -1.39. The number of hydrogen-bond acceptors (Lipinski definition) is 3. The Morgan fingerprint density at radius 2 is 2.00 bits per heavy atom. The second-order valence-electron chi connectivity index (χ2n) is 3.41. The minimum absolute atomic E-state index is 0.0659. The topological polar surface area (TPSA) is 66.5 Å². The van der Waals surface area contributed by atoms with E-state index < -0.39 is 11.7 Å². The van der Waals surface area contributed by atoms with E-state index in [0.717, 1.165) is 0 Å². The number of Topliss-reactive ketones (excluding diaryl/α,β-unsaturated/α-hetero) is 1. The molecule has 78 valence electrons. The van der Waals surface area contributed by atoms with Crippen LogP contribution in [0.3, 0.4) is 0 Å². The number of hydrogen-bond donors (Lipinski definition) is 1. The molecule has 1 atom stereocenters. The summed E-state index contributed by atoms with van der Waals surface area (Å²) in [5.74, 6) is -1.19. The third kappa shape index (κ3) is 2.10. The fourth-order valence-corrected chi connectivity index (χ4v) is 1.59. The van der Waals surface area contributed by atoms with E-state index in [1.807, 2.05) is 0 Å². The van der Waals surface area contributed by atoms with Crippen LogP contribution in [0.1, 0.15) is 13.3 Å². The first kappa shape index (κ1) is 10.7. The first-order chi connectivity index (χ1) is 6.56. The van der Waals surface area contributed by atoms with Crippen molar-refractivity contribution in [3.8, 4) is 0 Å². The summed E-state index contributed by atoms with van der Waals surface area (Å²) in [5.41, 5.74) is 0. The Morgan fingerprint density at radius 3 is 2.50 bits per heavy atom. The standard InChI is InChI=1S/C9H14N2O3/c1-6(12)9(14)11-4-3-7(5-11)8(13)10-2/h7H,3-5H2,1-2H3,(H,10,13). The first-order valence-corrected chi connectivity index (χ1v) is 4.57. The van der Waals surface area contributed by atoms with Crippen LogP contribution in [0.2, 0.25) is 0 Å². The average molecular weight is 198 g/mol. The van der Waals surface area contributed by atoms with Crippen molar-refractivity contribution in [2.45, 2.75) is 13.3 Å². The number of ketones is 1. The monoisotopic (exact) mass is 198 g/mol. The maximum Gasteiger partial charge on any atom is 0.289 e. The van der Waals surface area contributed by atoms with Crippen molar-refractivity contribution in [2.24, 2.45) is 5.92 Å². The maximum atomic E-state index is 11.2. The number of carbonyl (C=O) groups excluding carboxylic acids is 3. The van der Waals surface area contributed by atoms with E-state index in [1.165, 1.54) is 11.8 Å². The van der Waals surface area contributed by atoms with Gasteiger partial charge in [-0.2, -0.15) is 0 Å². The van der Waals surface area contributed by atoms with E-state index in [1.54, 1.807) is 7.05 Å². The molecule has 2 amide bonds. The molecule has 0 saturated carbocycles. The predicted octanol–water partition coefficient (Wildman–Crippen LogP) is -0.830. The lowest BCUT2D eigenvalue weighted by Crippen LogP contribution is -2.35. The summed E-state index contributed by atoms with van der Waals surface area (Å²) in [6.45, 7) is 2.10. The number of rotatable bonds is 2. The molecule has 1 unspecified atom stereocenters. The molecule has 0 aromatic heterocycles. The molecule has 0 aliphatic carbocycles. The minimum atomic E-state index is -0.489. The van der Waals surface area contributed by atoms with Crippen LogP contribution in [0.4, 0.5) is 0 Å². The van der Waals surface area contributed by atoms with Crippen LogP contribution in [0.5, 0.6) is 0 Å². The fraction of sp³-hybridized carbons (Fsp3) is 0.667. The molecule has 1 aliphatic rings. The Labute approximate surface area is 82.4 Å². The highest BCUT2D eigenvalue weighted by Gasteiger charge is 2.31. The van der Waals surface area contributed by atoms with Crippen LogP contribution in [0, 0.1) is 5.92 Å². The van der Waals surface area contributed by atoms with Gasteiger partial charge in [0.1, 0.15) is 0 Å². The number of likely N-dealkylation sites (tertiary alicyclic amines) is 1. The van der Waals surface area contributed by atoms with Gasteiger partial charge in [0.05, 0.1) is 5.92 Å². The predicted molar refractivity (Wildman–Crippen MR) is 49.4 cm³/mol. The van der Waals surface area contributed by atoms with Gasteiger partial charge in [-0.3, -0.25) is 14.4 Å². The van der Waals surface area contributed by atoms with E-state index in [4.69, 9.17) is 0 Å². The number of amides is 2. The highest BCUT2D eigenvalue weighted by atomic mass is 16.2. The number of carbonyl (C=O) groups is 3. The van der Waals surface area contributed by atoms with Gasteiger partial charge in [0.25, 0.3) is 5.91 Å². The summed E-state index contributed by atoms with van der Waals surface area (Å²) in [6.07, 6.45) is 0.638. The molecule has 1 rings (SSSR count). The van der Waals surface area contributed by atoms with Crippen LogP contribution in [0.25, 0.3) is 0 Å². The fourth-order valence-electron chi connectivity index (χ4n) is 1.59. The molecule has 5 nitrogen and oxygen atoms in total. The van der Waals surface area contributed by atoms with Crippen molar-refractivity contribution in [3.63, 3.8) is 0 Å². The lowest BCUT2D eigenvalue weighted by Gasteiger charge is -2.13. The van der Waals surface area contributed by atoms with E-state index in [-0.39, 0.29) is 11.8 Å². The van der Waals surface area contributed by atoms with E-state index in [2.05, 4.69) is 5.32 Å². The highest BCUT2D eigenvalue weighted by Crippen LogP contribution is 2.16. The summed E-state index contributed by atoms with van der Waals surface area (Å²) in [6, 6.07) is 0. The SMILES string of the molecule is CNC(=O)C1CCN(C(=O)C(C)=O)C1. The summed E-state index contributed by atoms with van der Waals surface area (Å²) in [7, 11) is 1.57. The van der Waals surface area contributed by atoms with Crippen molar-refractivity contribution in [2.75, 3.05) is 20.1 Å². The quantitative estimate of drug-likeness (QED) is 0.589. The van der Waals surface area contributed by atoms with Gasteiger partial charge >= 0.3 is 0 Å². The first-order valence-electron chi connectivity index (χ1n) is 4.57. The molecule has 0 aromatic carbocycles. The van der Waals surface area contributed by atoms with Gasteiger partial charge in [-0.25, -0.2) is 0 Å². The molecule has 1 N–H and O–H groups in total. The van der Waals surface area contributed by atoms with Crippen molar-refractivity contribution < 1.29 is 14.4 Å². The normalized spacial score (nSPS) is 20.7. The lowest BCUT2D eigenvalue weighted by atomic mass is 10.1. The summed E-state index contributed by atoms with van der Waals surface area (Å²) >= 11 is 0. The lowest BCUT2D eigenvalue weighted by molar-refractivity contribution is -0.143. The van der Waals surface area contributed by atoms with Gasteiger partial charge in [-0.1, -0.05) is 0 Å². The number of nitrogens with one attached hydrogen (secondary N) is 1. The zero-order valence-corrected chi connectivity index (χ0v) is 8.37. The zero-order valence-electron chi connectivity index (χ0n) is 8.37. The van der Waals surface area contributed by atoms with Gasteiger partial charge in [-0.05, 0) is 6.42 Å². The van der Waals surface area contributed by atoms with Gasteiger partial charge in [-0.15, -0.1) is 0 Å². The molecule has 14 heavy (non-hydrogen) atoms. The van der Waals surface area contributed by atoms with Crippen molar-refractivity contribution in [3.05, 3.63) is 0 Å². The van der Waals surface area contributed by atoms with Crippen molar-refractivity contribution in [1.29, 1.82) is 0 Å². The van der Waals surface area contributed by atoms with Crippen LogP contribution in [0.15, 0.2) is 0 Å². The third-order valence-corrected chi connectivity index (χ3v) is 2.39. The van der Waals surface area contributed by atoms with Crippen LogP contribution in [-0.2, 0) is 14.4 Å². The molecule has 0 radical (unpaired) electrons. The molecule has 5 heteroatoms. The molecular formula is C9H14N2O3.